The van der Waals surface area contributed by atoms with Crippen LogP contribution in [0.25, 0.3) is 33.5 Å². The van der Waals surface area contributed by atoms with Crippen LogP contribution < -0.4 is 19.8 Å². The van der Waals surface area contributed by atoms with Crippen molar-refractivity contribution in [3.05, 3.63) is 81.6 Å². The van der Waals surface area contributed by atoms with Crippen molar-refractivity contribution in [3.63, 3.8) is 0 Å². The van der Waals surface area contributed by atoms with Crippen molar-refractivity contribution >= 4 is 39.7 Å². The predicted molar refractivity (Wildman–Crippen MR) is 128 cm³/mol. The van der Waals surface area contributed by atoms with E-state index >= 15 is 0 Å². The lowest BCUT2D eigenvalue weighted by Crippen LogP contribution is -2.20. The summed E-state index contributed by atoms with van der Waals surface area (Å²) >= 11 is 6.13. The standard InChI is InChI=1S/C25H16ClN3O5/c1-31-20-11-22-21(32-13-33-22)10-15(20)12-27-29-24(28-18-5-3-2-4-17(18)25(29)30)23-9-14-8-16(26)6-7-19(14)34-23/h2-12H,13H2,1H3. The molecule has 6 rings (SSSR count). The van der Waals surface area contributed by atoms with E-state index in [1.165, 1.54) is 10.9 Å². The molecule has 1 aliphatic rings. The van der Waals surface area contributed by atoms with E-state index in [0.717, 1.165) is 5.39 Å². The predicted octanol–water partition coefficient (Wildman–Crippen LogP) is 5.08. The van der Waals surface area contributed by atoms with Crippen molar-refractivity contribution in [1.82, 2.24) is 9.66 Å². The fourth-order valence-electron chi connectivity index (χ4n) is 3.85. The first-order valence-electron chi connectivity index (χ1n) is 10.3. The molecule has 0 saturated heterocycles. The summed E-state index contributed by atoms with van der Waals surface area (Å²) < 4.78 is 23.5. The zero-order valence-corrected chi connectivity index (χ0v) is 18.6. The zero-order chi connectivity index (χ0) is 23.2. The van der Waals surface area contributed by atoms with Crippen LogP contribution in [0.5, 0.6) is 17.2 Å². The van der Waals surface area contributed by atoms with Crippen LogP contribution in [0.15, 0.2) is 75.0 Å². The van der Waals surface area contributed by atoms with E-state index < -0.39 is 0 Å². The van der Waals surface area contributed by atoms with E-state index in [-0.39, 0.29) is 18.2 Å². The van der Waals surface area contributed by atoms with E-state index in [1.54, 1.807) is 61.7 Å². The van der Waals surface area contributed by atoms with Crippen LogP contribution in [0.3, 0.4) is 0 Å². The van der Waals surface area contributed by atoms with Crippen molar-refractivity contribution in [1.29, 1.82) is 0 Å². The Labute approximate surface area is 197 Å². The van der Waals surface area contributed by atoms with Gasteiger partial charge in [0.05, 0.1) is 24.2 Å². The number of para-hydroxylation sites is 1. The van der Waals surface area contributed by atoms with E-state index in [0.29, 0.717) is 50.1 Å². The molecule has 0 saturated carbocycles. The SMILES string of the molecule is COc1cc2c(cc1C=Nn1c(-c3cc4cc(Cl)ccc4o3)nc3ccccc3c1=O)OCO2. The molecule has 8 nitrogen and oxygen atoms in total. The number of aromatic nitrogens is 2. The number of nitrogens with zero attached hydrogens (tertiary/aromatic N) is 3. The molecule has 0 fully saturated rings. The normalized spacial score (nSPS) is 12.8. The summed E-state index contributed by atoms with van der Waals surface area (Å²) in [7, 11) is 1.55. The summed E-state index contributed by atoms with van der Waals surface area (Å²) in [5.41, 5.74) is 1.42. The van der Waals surface area contributed by atoms with Crippen LogP contribution in [0.4, 0.5) is 0 Å². The Bertz CT molecular complexity index is 1670. The minimum absolute atomic E-state index is 0.132. The van der Waals surface area contributed by atoms with Gasteiger partial charge in [0.25, 0.3) is 5.56 Å². The van der Waals surface area contributed by atoms with Crippen LogP contribution in [-0.2, 0) is 0 Å². The molecule has 0 spiro atoms. The highest BCUT2D eigenvalue weighted by Gasteiger charge is 2.19. The largest absolute Gasteiger partial charge is 0.496 e. The number of ether oxygens (including phenoxy) is 3. The van der Waals surface area contributed by atoms with Gasteiger partial charge in [0.15, 0.2) is 17.3 Å². The third-order valence-electron chi connectivity index (χ3n) is 5.49. The van der Waals surface area contributed by atoms with Gasteiger partial charge in [0.1, 0.15) is 11.3 Å². The lowest BCUT2D eigenvalue weighted by Gasteiger charge is -2.09. The molecule has 0 unspecified atom stereocenters. The fourth-order valence-corrected chi connectivity index (χ4v) is 4.03. The van der Waals surface area contributed by atoms with Crippen molar-refractivity contribution in [2.24, 2.45) is 5.10 Å². The third kappa shape index (κ3) is 3.36. The van der Waals surface area contributed by atoms with Gasteiger partial charge in [-0.25, -0.2) is 4.98 Å². The van der Waals surface area contributed by atoms with E-state index in [1.807, 2.05) is 6.07 Å². The summed E-state index contributed by atoms with van der Waals surface area (Å²) in [6.07, 6.45) is 1.52. The highest BCUT2D eigenvalue weighted by molar-refractivity contribution is 6.31. The van der Waals surface area contributed by atoms with Gasteiger partial charge in [0, 0.05) is 22.0 Å². The third-order valence-corrected chi connectivity index (χ3v) is 5.72. The molecule has 0 bridgehead atoms. The average molecular weight is 474 g/mol. The molecule has 1 aliphatic heterocycles. The first kappa shape index (κ1) is 20.3. The van der Waals surface area contributed by atoms with E-state index in [9.17, 15) is 4.79 Å². The highest BCUT2D eigenvalue weighted by Crippen LogP contribution is 2.37. The molecule has 3 aromatic carbocycles. The van der Waals surface area contributed by atoms with Gasteiger partial charge in [-0.15, -0.1) is 0 Å². The maximum atomic E-state index is 13.4. The number of methoxy groups -OCH3 is 1. The summed E-state index contributed by atoms with van der Waals surface area (Å²) in [5, 5.41) is 6.28. The van der Waals surface area contributed by atoms with Crippen molar-refractivity contribution in [2.45, 2.75) is 0 Å². The fraction of sp³-hybridized carbons (Fsp3) is 0.0800. The number of benzene rings is 3. The molecule has 0 aliphatic carbocycles. The molecule has 3 heterocycles. The van der Waals surface area contributed by atoms with Gasteiger partial charge in [-0.3, -0.25) is 4.79 Å². The number of fused-ring (bicyclic) bond motifs is 3. The van der Waals surface area contributed by atoms with Crippen LogP contribution >= 0.6 is 11.6 Å². The second-order valence-electron chi connectivity index (χ2n) is 7.55. The second kappa shape index (κ2) is 7.93. The Kier molecular flexibility index (Phi) is 4.74. The summed E-state index contributed by atoms with van der Waals surface area (Å²) in [6, 6.07) is 17.6. The van der Waals surface area contributed by atoms with Crippen LogP contribution in [0.2, 0.25) is 5.02 Å². The van der Waals surface area contributed by atoms with Crippen molar-refractivity contribution in [2.75, 3.05) is 13.9 Å². The summed E-state index contributed by atoms with van der Waals surface area (Å²) in [6.45, 7) is 0.132. The molecule has 168 valence electrons. The highest BCUT2D eigenvalue weighted by atomic mass is 35.5. The lowest BCUT2D eigenvalue weighted by molar-refractivity contribution is 0.174. The number of hydrogen-bond donors (Lipinski definition) is 0. The Balaban J connectivity index is 1.55. The Morgan fingerprint density at radius 2 is 1.91 bits per heavy atom. The quantitative estimate of drug-likeness (QED) is 0.338. The van der Waals surface area contributed by atoms with Gasteiger partial charge in [-0.1, -0.05) is 23.7 Å². The Hall–Kier alpha value is -4.30. The first-order valence-corrected chi connectivity index (χ1v) is 10.7. The van der Waals surface area contributed by atoms with E-state index in [2.05, 4.69) is 10.1 Å². The molecule has 9 heteroatoms. The van der Waals surface area contributed by atoms with Gasteiger partial charge in [-0.2, -0.15) is 9.78 Å². The molecule has 0 N–H and O–H groups in total. The molecule has 0 amide bonds. The van der Waals surface area contributed by atoms with Crippen LogP contribution in [0, 0.1) is 0 Å². The topological polar surface area (TPSA) is 88.1 Å². The van der Waals surface area contributed by atoms with Crippen molar-refractivity contribution in [3.8, 4) is 28.8 Å². The molecule has 34 heavy (non-hydrogen) atoms. The molecule has 5 aromatic rings. The van der Waals surface area contributed by atoms with Crippen molar-refractivity contribution < 1.29 is 18.6 Å². The number of furan rings is 1. The smallest absolute Gasteiger partial charge is 0.282 e. The first-order chi connectivity index (χ1) is 16.6. The minimum Gasteiger partial charge on any atom is -0.496 e. The van der Waals surface area contributed by atoms with Crippen LogP contribution in [-0.4, -0.2) is 29.8 Å². The van der Waals surface area contributed by atoms with E-state index in [4.69, 9.17) is 30.2 Å². The number of rotatable bonds is 4. The Morgan fingerprint density at radius 3 is 2.76 bits per heavy atom. The molecular formula is C25H16ClN3O5. The monoisotopic (exact) mass is 473 g/mol. The number of halogens is 1. The number of hydrogen-bond acceptors (Lipinski definition) is 7. The van der Waals surface area contributed by atoms with Crippen LogP contribution in [0.1, 0.15) is 5.56 Å². The maximum Gasteiger partial charge on any atom is 0.282 e. The Morgan fingerprint density at radius 1 is 1.09 bits per heavy atom. The summed E-state index contributed by atoms with van der Waals surface area (Å²) in [5.74, 6) is 2.32. The lowest BCUT2D eigenvalue weighted by atomic mass is 10.2. The minimum atomic E-state index is -0.338. The molecular weight excluding hydrogens is 458 g/mol. The molecule has 0 radical (unpaired) electrons. The maximum absolute atomic E-state index is 13.4. The van der Waals surface area contributed by atoms with Gasteiger partial charge < -0.3 is 18.6 Å². The molecule has 0 atom stereocenters. The second-order valence-corrected chi connectivity index (χ2v) is 7.99. The zero-order valence-electron chi connectivity index (χ0n) is 17.8. The van der Waals surface area contributed by atoms with Gasteiger partial charge in [-0.05, 0) is 42.5 Å². The molecule has 2 aromatic heterocycles. The average Bonchev–Trinajstić information content (AvgIpc) is 3.48. The summed E-state index contributed by atoms with van der Waals surface area (Å²) in [4.78, 5) is 18.1. The van der Waals surface area contributed by atoms with Gasteiger partial charge >= 0.3 is 0 Å². The van der Waals surface area contributed by atoms with Gasteiger partial charge in [0.2, 0.25) is 12.6 Å².